The van der Waals surface area contributed by atoms with Gasteiger partial charge in [0.2, 0.25) is 0 Å². The normalized spacial score (nSPS) is 18.1. The molecule has 0 N–H and O–H groups in total. The number of nitrogens with zero attached hydrogens (tertiary/aromatic N) is 2. The zero-order valence-electron chi connectivity index (χ0n) is 83.2. The molecule has 6 rings (SSSR count). The summed E-state index contributed by atoms with van der Waals surface area (Å²) in [7, 11) is 0. The van der Waals surface area contributed by atoms with Crippen LogP contribution >= 0.6 is 0 Å². The molecule has 3 heterocycles. The van der Waals surface area contributed by atoms with Crippen molar-refractivity contribution in [2.24, 2.45) is 74.1 Å². The maximum atomic E-state index is 14.5. The first-order chi connectivity index (χ1) is 62.6. The lowest BCUT2D eigenvalue weighted by Crippen LogP contribution is -2.34. The topological polar surface area (TPSA) is 366 Å². The van der Waals surface area contributed by atoms with Crippen LogP contribution in [0.5, 0.6) is 0 Å². The van der Waals surface area contributed by atoms with Crippen LogP contribution in [0.2, 0.25) is 0 Å². The Labute approximate surface area is 790 Å². The maximum Gasteiger partial charge on any atom is 0.167 e. The number of rotatable bonds is 69. The number of carbonyl (C=O) groups is 20. The van der Waals surface area contributed by atoms with Gasteiger partial charge in [0.25, 0.3) is 0 Å². The summed E-state index contributed by atoms with van der Waals surface area (Å²) in [6.45, 7) is 32.9. The molecule has 0 aromatic rings. The highest BCUT2D eigenvalue weighted by Crippen LogP contribution is 2.51. The molecule has 0 saturated carbocycles. The van der Waals surface area contributed by atoms with Crippen molar-refractivity contribution in [3.63, 3.8) is 0 Å². The van der Waals surface area contributed by atoms with Crippen molar-refractivity contribution in [1.29, 1.82) is 0 Å². The zero-order valence-corrected chi connectivity index (χ0v) is 83.2. The molecule has 0 fully saturated rings. The van der Waals surface area contributed by atoms with E-state index in [1.54, 1.807) is 34.6 Å². The molecule has 0 saturated heterocycles. The number of hydrogen-bond donors (Lipinski definition) is 0. The highest BCUT2D eigenvalue weighted by molar-refractivity contribution is 6.14. The number of fused-ring (bicyclic) bond motifs is 5. The molecule has 726 valence electrons. The molecule has 0 spiro atoms. The SMILES string of the molecule is C=CC1=C(C)C2=CC3=NC(=C4CC(=O)C5=C4CC(=C5C)C=C4N=C(C=C1C2)C(C)=C4CC)C(CCC(=O)CCC(=O)CC(CC(C)=O)C(=O)CC(CCC(C)=O)C(=O)CC(C(=O)CC(CC(C)=O)C(=O)CCC(=O)CC(CC)C(=O)CCC(=O)CC(CCCCCC(=O)CCCCCCC(=O)CCCCCC(C)(CC(=O)CC(C)(CCC(C)=O)C(C)=O)C(C)=O)C(C)=O)C(C)C)C3C. The molecular weight excluding hydrogens is 1680 g/mol. The number of aliphatic imine (C=N–C) groups is 2. The van der Waals surface area contributed by atoms with E-state index in [0.29, 0.717) is 96.3 Å². The summed E-state index contributed by atoms with van der Waals surface area (Å²) in [5.74, 6) is -11.6. The van der Waals surface area contributed by atoms with Crippen LogP contribution in [0.1, 0.15) is 394 Å². The van der Waals surface area contributed by atoms with Crippen molar-refractivity contribution in [1.82, 2.24) is 0 Å². The van der Waals surface area contributed by atoms with E-state index in [4.69, 9.17) is 9.98 Å². The third-order valence-corrected chi connectivity index (χ3v) is 29.2. The molecule has 3 aliphatic heterocycles. The first-order valence-electron chi connectivity index (χ1n) is 49.4. The van der Waals surface area contributed by atoms with Gasteiger partial charge in [-0.1, -0.05) is 99.6 Å². The molecule has 0 aromatic carbocycles. The standard InChI is InChI=1S/C111H152N2O20/c1-19-78(102(128)45-42-91(126)54-79(75(14)118)32-26-24-29-35-86(121)33-27-22-23-28-34-87(122)36-30-25-31-48-110(17,76(15)119)64-92(127)65-111(18,77(16)120)49-47-68(7)115)53-90(125)43-46-103(129)85(51-70(9)117)61-106(132)96(66(4)5)62-105(131)80(38-37-67(6)114)60-104(130)84(50-69(8)116)55-89(124)40-39-88(123)41-44-95-74(13)100-57-81-52-83(93(20-2)71(81)10)59-99-73(12)94(21-3)101(112-99)58-82-56-97-98(109(95)113-100)63-107(133)108(97)72(82)11/h20,57-59,66,74,78-80,84-85,95-96H,2,19,21-56,60-65H2,1,3-18H3. The number of allylic oxidation sites excluding steroid dienone is 16. The summed E-state index contributed by atoms with van der Waals surface area (Å²) in [6, 6.07) is 0. The third-order valence-electron chi connectivity index (χ3n) is 29.2. The van der Waals surface area contributed by atoms with E-state index in [-0.39, 0.29) is 222 Å². The van der Waals surface area contributed by atoms with Gasteiger partial charge in [-0.05, 0) is 233 Å². The van der Waals surface area contributed by atoms with Gasteiger partial charge in [-0.3, -0.25) is 81.7 Å². The fourth-order valence-corrected chi connectivity index (χ4v) is 20.1. The number of unbranched alkanes of at least 4 members (excludes halogenated alkanes) is 7. The second-order valence-electron chi connectivity index (χ2n) is 40.5. The van der Waals surface area contributed by atoms with Crippen LogP contribution in [0, 0.1) is 64.1 Å². The van der Waals surface area contributed by atoms with E-state index in [1.165, 1.54) is 48.5 Å². The van der Waals surface area contributed by atoms with Crippen LogP contribution < -0.4 is 0 Å². The summed E-state index contributed by atoms with van der Waals surface area (Å²) < 4.78 is 0. The number of carbonyl (C=O) groups excluding carboxylic acids is 20. The van der Waals surface area contributed by atoms with E-state index >= 15 is 0 Å². The van der Waals surface area contributed by atoms with Crippen LogP contribution in [-0.4, -0.2) is 127 Å². The van der Waals surface area contributed by atoms with Gasteiger partial charge in [-0.15, -0.1) is 0 Å². The van der Waals surface area contributed by atoms with Crippen molar-refractivity contribution >= 4 is 127 Å². The van der Waals surface area contributed by atoms with E-state index in [2.05, 4.69) is 52.5 Å². The molecule has 10 unspecified atom stereocenters. The predicted molar refractivity (Wildman–Crippen MR) is 516 cm³/mol. The molecule has 0 radical (unpaired) electrons. The van der Waals surface area contributed by atoms with Gasteiger partial charge in [0, 0.05) is 229 Å². The Morgan fingerprint density at radius 1 is 0.436 bits per heavy atom. The second kappa shape index (κ2) is 53.6. The largest absolute Gasteiger partial charge is 0.300 e. The summed E-state index contributed by atoms with van der Waals surface area (Å²) in [5.41, 5.74) is 12.8. The second-order valence-corrected chi connectivity index (χ2v) is 40.5. The van der Waals surface area contributed by atoms with Crippen LogP contribution in [0.3, 0.4) is 0 Å². The van der Waals surface area contributed by atoms with Gasteiger partial charge in [0.1, 0.15) is 110 Å². The van der Waals surface area contributed by atoms with E-state index in [1.807, 2.05) is 13.0 Å². The number of Topliss-reactive ketones (excluding diaryl/α,β-unsaturated/α-hetero) is 20. The smallest absolute Gasteiger partial charge is 0.167 e. The first kappa shape index (κ1) is 112. The summed E-state index contributed by atoms with van der Waals surface area (Å²) in [4.78, 5) is 277. The molecule has 22 nitrogen and oxygen atoms in total. The van der Waals surface area contributed by atoms with Crippen LogP contribution in [-0.2, 0) is 95.9 Å². The maximum absolute atomic E-state index is 14.5. The molecule has 22 heteroatoms. The average molecular weight is 1830 g/mol. The highest BCUT2D eigenvalue weighted by atomic mass is 16.2. The van der Waals surface area contributed by atoms with Crippen molar-refractivity contribution in [2.45, 2.75) is 394 Å². The van der Waals surface area contributed by atoms with Crippen molar-refractivity contribution in [3.8, 4) is 0 Å². The summed E-state index contributed by atoms with van der Waals surface area (Å²) in [6.07, 6.45) is 17.6. The van der Waals surface area contributed by atoms with Crippen molar-refractivity contribution in [2.75, 3.05) is 0 Å². The fourth-order valence-electron chi connectivity index (χ4n) is 20.1. The summed E-state index contributed by atoms with van der Waals surface area (Å²) >= 11 is 0. The predicted octanol–water partition coefficient (Wildman–Crippen LogP) is 21.3. The minimum atomic E-state index is -1.14. The van der Waals surface area contributed by atoms with Crippen molar-refractivity contribution in [3.05, 3.63) is 104 Å². The van der Waals surface area contributed by atoms with Gasteiger partial charge in [0.05, 0.1) is 11.4 Å². The van der Waals surface area contributed by atoms with Crippen LogP contribution in [0.25, 0.3) is 0 Å². The fraction of sp³-hybridized carbons (Fsp3) is 0.640. The van der Waals surface area contributed by atoms with E-state index < -0.39 is 106 Å². The lowest BCUT2D eigenvalue weighted by molar-refractivity contribution is -0.137. The monoisotopic (exact) mass is 1830 g/mol. The summed E-state index contributed by atoms with van der Waals surface area (Å²) in [5, 5.41) is 0. The van der Waals surface area contributed by atoms with Gasteiger partial charge in [-0.25, -0.2) is 4.99 Å². The molecule has 8 bridgehead atoms. The third kappa shape index (κ3) is 34.3. The highest BCUT2D eigenvalue weighted by Gasteiger charge is 2.44. The first-order valence-corrected chi connectivity index (χ1v) is 49.4. The molecular formula is C111H152N2O20. The molecule has 6 aliphatic rings. The van der Waals surface area contributed by atoms with E-state index in [0.717, 1.165) is 116 Å². The van der Waals surface area contributed by atoms with Crippen LogP contribution in [0.4, 0.5) is 0 Å². The Kier molecular flexibility index (Phi) is 45.2. The Morgan fingerprint density at radius 3 is 1.46 bits per heavy atom. The number of ketones is 20. The Bertz CT molecular complexity index is 4880. The molecule has 10 atom stereocenters. The lowest BCUT2D eigenvalue weighted by Gasteiger charge is -2.30. The Hall–Kier alpha value is -9.60. The zero-order chi connectivity index (χ0) is 99.1. The van der Waals surface area contributed by atoms with Gasteiger partial charge >= 0.3 is 0 Å². The molecule has 3 aliphatic carbocycles. The minimum Gasteiger partial charge on any atom is -0.300 e. The number of hydrogen-bond acceptors (Lipinski definition) is 22. The van der Waals surface area contributed by atoms with E-state index in [9.17, 15) is 95.9 Å². The average Bonchev–Trinajstić information content (AvgIpc) is 1.58. The molecule has 0 aromatic heterocycles. The van der Waals surface area contributed by atoms with Gasteiger partial charge in [-0.2, -0.15) is 0 Å². The molecule has 133 heavy (non-hydrogen) atoms. The van der Waals surface area contributed by atoms with Gasteiger partial charge < -0.3 is 19.2 Å². The quantitative estimate of drug-likeness (QED) is 0.0510. The Balaban J connectivity index is 0.915. The minimum absolute atomic E-state index is 0.0189. The lowest BCUT2D eigenvalue weighted by atomic mass is 9.72. The van der Waals surface area contributed by atoms with Crippen LogP contribution in [0.15, 0.2) is 114 Å². The molecule has 0 amide bonds. The van der Waals surface area contributed by atoms with Crippen molar-refractivity contribution < 1.29 is 95.9 Å². The Morgan fingerprint density at radius 2 is 0.932 bits per heavy atom. The van der Waals surface area contributed by atoms with Gasteiger partial charge in [0.15, 0.2) is 5.78 Å².